The second-order valence-electron chi connectivity index (χ2n) is 6.32. The quantitative estimate of drug-likeness (QED) is 0.678. The van der Waals surface area contributed by atoms with Crippen molar-refractivity contribution in [2.24, 2.45) is 0 Å². The Hall–Kier alpha value is -3.48. The van der Waals surface area contributed by atoms with Gasteiger partial charge in [-0.2, -0.15) is 0 Å². The van der Waals surface area contributed by atoms with Crippen LogP contribution in [0.4, 0.5) is 15.9 Å². The van der Waals surface area contributed by atoms with Crippen LogP contribution in [0.15, 0.2) is 48.5 Å². The summed E-state index contributed by atoms with van der Waals surface area (Å²) in [6.45, 7) is 3.97. The van der Waals surface area contributed by atoms with Gasteiger partial charge in [0.25, 0.3) is 5.91 Å². The Morgan fingerprint density at radius 3 is 2.54 bits per heavy atom. The monoisotopic (exact) mass is 380 g/mol. The molecule has 7 heteroatoms. The van der Waals surface area contributed by atoms with Crippen LogP contribution in [-0.2, 0) is 6.54 Å². The molecule has 1 aromatic heterocycles. The Kier molecular flexibility index (Phi) is 5.84. The van der Waals surface area contributed by atoms with Crippen LogP contribution in [0.2, 0.25) is 0 Å². The van der Waals surface area contributed by atoms with Gasteiger partial charge in [0.1, 0.15) is 28.9 Å². The van der Waals surface area contributed by atoms with Crippen molar-refractivity contribution in [1.82, 2.24) is 15.3 Å². The molecule has 0 aliphatic carbocycles. The lowest BCUT2D eigenvalue weighted by molar-refractivity contribution is 0.0945. The van der Waals surface area contributed by atoms with E-state index in [2.05, 4.69) is 20.6 Å². The number of rotatable bonds is 6. The maximum absolute atomic E-state index is 13.0. The number of halogens is 1. The van der Waals surface area contributed by atoms with Crippen LogP contribution in [0.1, 0.15) is 27.4 Å². The van der Waals surface area contributed by atoms with E-state index < -0.39 is 0 Å². The molecular weight excluding hydrogens is 359 g/mol. The van der Waals surface area contributed by atoms with Crippen LogP contribution in [-0.4, -0.2) is 23.0 Å². The van der Waals surface area contributed by atoms with E-state index in [0.29, 0.717) is 17.4 Å². The lowest BCUT2D eigenvalue weighted by Gasteiger charge is -2.13. The van der Waals surface area contributed by atoms with Crippen LogP contribution in [0.5, 0.6) is 5.75 Å². The van der Waals surface area contributed by atoms with Gasteiger partial charge in [0.15, 0.2) is 0 Å². The van der Waals surface area contributed by atoms with Crippen molar-refractivity contribution in [2.75, 3.05) is 12.4 Å². The van der Waals surface area contributed by atoms with E-state index in [1.165, 1.54) is 12.1 Å². The highest BCUT2D eigenvalue weighted by molar-refractivity contribution is 5.93. The Balaban J connectivity index is 1.76. The highest BCUT2D eigenvalue weighted by Crippen LogP contribution is 2.28. The van der Waals surface area contributed by atoms with Gasteiger partial charge in [0.05, 0.1) is 12.8 Å². The zero-order chi connectivity index (χ0) is 20.1. The molecule has 0 saturated heterocycles. The Morgan fingerprint density at radius 2 is 1.82 bits per heavy atom. The molecule has 0 aliphatic rings. The molecule has 0 spiro atoms. The van der Waals surface area contributed by atoms with Crippen molar-refractivity contribution in [3.8, 4) is 5.75 Å². The van der Waals surface area contributed by atoms with Crippen molar-refractivity contribution >= 4 is 17.4 Å². The van der Waals surface area contributed by atoms with Crippen LogP contribution < -0.4 is 15.4 Å². The summed E-state index contributed by atoms with van der Waals surface area (Å²) in [5.41, 5.74) is 2.84. The molecule has 28 heavy (non-hydrogen) atoms. The van der Waals surface area contributed by atoms with Crippen LogP contribution in [0.25, 0.3) is 0 Å². The molecule has 3 aromatic rings. The summed E-state index contributed by atoms with van der Waals surface area (Å²) in [4.78, 5) is 21.0. The number of nitrogens with zero attached hydrogens (tertiary/aromatic N) is 2. The molecule has 2 aromatic carbocycles. The third kappa shape index (κ3) is 4.82. The lowest BCUT2D eigenvalue weighted by Crippen LogP contribution is -2.24. The number of benzene rings is 2. The summed E-state index contributed by atoms with van der Waals surface area (Å²) in [6, 6.07) is 13.3. The number of hydrogen-bond donors (Lipinski definition) is 2. The molecule has 0 fully saturated rings. The third-order valence-corrected chi connectivity index (χ3v) is 4.05. The summed E-state index contributed by atoms with van der Waals surface area (Å²) in [5, 5.41) is 5.96. The number of nitrogens with one attached hydrogen (secondary N) is 2. The van der Waals surface area contributed by atoms with Crippen molar-refractivity contribution in [3.05, 3.63) is 77.0 Å². The van der Waals surface area contributed by atoms with Gasteiger partial charge in [-0.3, -0.25) is 4.79 Å². The molecular formula is C21H21FN4O2. The van der Waals surface area contributed by atoms with Crippen LogP contribution in [0.3, 0.4) is 0 Å². The first-order valence-electron chi connectivity index (χ1n) is 8.74. The maximum Gasteiger partial charge on any atom is 0.270 e. The molecule has 0 bridgehead atoms. The highest BCUT2D eigenvalue weighted by atomic mass is 19.1. The Morgan fingerprint density at radius 1 is 1.07 bits per heavy atom. The van der Waals surface area contributed by atoms with Gasteiger partial charge >= 0.3 is 0 Å². The Bertz CT molecular complexity index is 990. The second kappa shape index (κ2) is 8.47. The second-order valence-corrected chi connectivity index (χ2v) is 6.32. The molecule has 0 atom stereocenters. The van der Waals surface area contributed by atoms with E-state index in [4.69, 9.17) is 4.74 Å². The minimum atomic E-state index is -0.339. The predicted molar refractivity (Wildman–Crippen MR) is 105 cm³/mol. The van der Waals surface area contributed by atoms with E-state index in [9.17, 15) is 9.18 Å². The normalized spacial score (nSPS) is 10.4. The van der Waals surface area contributed by atoms with Crippen molar-refractivity contribution in [3.63, 3.8) is 0 Å². The molecule has 0 aliphatic heterocycles. The average molecular weight is 380 g/mol. The minimum Gasteiger partial charge on any atom is -0.495 e. The molecule has 6 nitrogen and oxygen atoms in total. The molecule has 2 N–H and O–H groups in total. The number of anilines is 2. The molecule has 1 amide bonds. The first kappa shape index (κ1) is 19.3. The number of hydrogen-bond acceptors (Lipinski definition) is 5. The van der Waals surface area contributed by atoms with Crippen LogP contribution >= 0.6 is 0 Å². The molecule has 3 rings (SSSR count). The van der Waals surface area contributed by atoms with E-state index in [-0.39, 0.29) is 24.0 Å². The summed E-state index contributed by atoms with van der Waals surface area (Å²) in [5.74, 6) is 0.967. The fraction of sp³-hybridized carbons (Fsp3) is 0.190. The summed E-state index contributed by atoms with van der Waals surface area (Å²) >= 11 is 0. The van der Waals surface area contributed by atoms with Gasteiger partial charge in [-0.15, -0.1) is 0 Å². The number of ether oxygens (including phenoxy) is 1. The fourth-order valence-electron chi connectivity index (χ4n) is 2.68. The van der Waals surface area contributed by atoms with Gasteiger partial charge in [-0.25, -0.2) is 14.4 Å². The Labute approximate surface area is 162 Å². The number of amides is 1. The van der Waals surface area contributed by atoms with Gasteiger partial charge < -0.3 is 15.4 Å². The number of aryl methyl sites for hydroxylation is 2. The van der Waals surface area contributed by atoms with E-state index in [1.807, 2.05) is 25.1 Å². The molecule has 0 radical (unpaired) electrons. The zero-order valence-corrected chi connectivity index (χ0v) is 15.9. The SMILES string of the molecule is COc1ccc(C)cc1Nc1cc(C(=O)NCc2ccc(F)cc2)nc(C)n1. The van der Waals surface area contributed by atoms with Gasteiger partial charge in [0, 0.05) is 12.6 Å². The number of aromatic nitrogens is 2. The molecule has 0 saturated carbocycles. The van der Waals surface area contributed by atoms with Gasteiger partial charge in [-0.1, -0.05) is 18.2 Å². The summed E-state index contributed by atoms with van der Waals surface area (Å²) in [6.07, 6.45) is 0. The number of methoxy groups -OCH3 is 1. The van der Waals surface area contributed by atoms with Crippen LogP contribution in [0, 0.1) is 19.7 Å². The number of carbonyl (C=O) groups is 1. The van der Waals surface area contributed by atoms with Gasteiger partial charge in [-0.05, 0) is 49.2 Å². The minimum absolute atomic E-state index is 0.240. The van der Waals surface area contributed by atoms with Crippen molar-refractivity contribution in [2.45, 2.75) is 20.4 Å². The highest BCUT2D eigenvalue weighted by Gasteiger charge is 2.12. The van der Waals surface area contributed by atoms with Crippen molar-refractivity contribution in [1.29, 1.82) is 0 Å². The summed E-state index contributed by atoms with van der Waals surface area (Å²) < 4.78 is 18.3. The first-order chi connectivity index (χ1) is 13.4. The van der Waals surface area contributed by atoms with Gasteiger partial charge in [0.2, 0.25) is 0 Å². The zero-order valence-electron chi connectivity index (χ0n) is 15.9. The lowest BCUT2D eigenvalue weighted by atomic mass is 10.2. The summed E-state index contributed by atoms with van der Waals surface area (Å²) in [7, 11) is 1.59. The first-order valence-corrected chi connectivity index (χ1v) is 8.74. The van der Waals surface area contributed by atoms with Crippen molar-refractivity contribution < 1.29 is 13.9 Å². The topological polar surface area (TPSA) is 76.1 Å². The fourth-order valence-corrected chi connectivity index (χ4v) is 2.68. The standard InChI is InChI=1S/C21H21FN4O2/c1-13-4-9-19(28-3)17(10-13)26-20-11-18(24-14(2)25-20)21(27)23-12-15-5-7-16(22)8-6-15/h4-11H,12H2,1-3H3,(H,23,27)(H,24,25,26). The van der Waals surface area contributed by atoms with E-state index >= 15 is 0 Å². The molecule has 1 heterocycles. The smallest absolute Gasteiger partial charge is 0.270 e. The van der Waals surface area contributed by atoms with E-state index in [1.54, 1.807) is 32.2 Å². The third-order valence-electron chi connectivity index (χ3n) is 4.05. The maximum atomic E-state index is 13.0. The molecule has 144 valence electrons. The largest absolute Gasteiger partial charge is 0.495 e. The number of carbonyl (C=O) groups excluding carboxylic acids is 1. The average Bonchev–Trinajstić information content (AvgIpc) is 2.67. The molecule has 0 unspecified atom stereocenters. The predicted octanol–water partition coefficient (Wildman–Crippen LogP) is 3.91. The van der Waals surface area contributed by atoms with E-state index in [0.717, 1.165) is 16.8 Å².